The Morgan fingerprint density at radius 1 is 1.19 bits per heavy atom. The molecule has 2 N–H and O–H groups in total. The Balaban J connectivity index is 0.00000338. The maximum absolute atomic E-state index is 5.75. The molecule has 1 saturated heterocycles. The molecule has 0 aromatic heterocycles. The quantitative estimate of drug-likeness (QED) is 0.273. The van der Waals surface area contributed by atoms with Gasteiger partial charge in [-0.1, -0.05) is 17.7 Å². The van der Waals surface area contributed by atoms with Crippen LogP contribution in [-0.2, 0) is 0 Å². The predicted octanol–water partition coefficient (Wildman–Crippen LogP) is 1.79. The molecule has 0 bridgehead atoms. The van der Waals surface area contributed by atoms with Gasteiger partial charge >= 0.3 is 0 Å². The summed E-state index contributed by atoms with van der Waals surface area (Å²) in [6, 6.07) is 8.60. The minimum absolute atomic E-state index is 0. The van der Waals surface area contributed by atoms with Crippen LogP contribution in [-0.4, -0.2) is 81.8 Å². The molecule has 0 saturated carbocycles. The highest BCUT2D eigenvalue weighted by Gasteiger charge is 2.21. The van der Waals surface area contributed by atoms with Crippen LogP contribution in [0.25, 0.3) is 0 Å². The summed E-state index contributed by atoms with van der Waals surface area (Å²) in [5, 5.41) is 6.66. The number of rotatable bonds is 7. The van der Waals surface area contributed by atoms with E-state index in [4.69, 9.17) is 9.73 Å². The largest absolute Gasteiger partial charge is 0.492 e. The van der Waals surface area contributed by atoms with Crippen LogP contribution in [0.5, 0.6) is 5.75 Å². The average molecular weight is 475 g/mol. The van der Waals surface area contributed by atoms with Gasteiger partial charge in [0.05, 0.1) is 13.1 Å². The minimum Gasteiger partial charge on any atom is -0.492 e. The van der Waals surface area contributed by atoms with Crippen LogP contribution in [0, 0.1) is 6.92 Å². The zero-order chi connectivity index (χ0) is 18.1. The SMILES string of the molecule is CCNC(=NCC1CN(C)CCN1C)NCCOc1ccc(C)cc1.I. The van der Waals surface area contributed by atoms with Gasteiger partial charge in [-0.25, -0.2) is 0 Å². The second-order valence-electron chi connectivity index (χ2n) is 6.70. The number of benzene rings is 1. The van der Waals surface area contributed by atoms with Gasteiger partial charge in [0, 0.05) is 32.2 Å². The summed E-state index contributed by atoms with van der Waals surface area (Å²) < 4.78 is 5.75. The van der Waals surface area contributed by atoms with E-state index in [1.807, 2.05) is 12.1 Å². The minimum atomic E-state index is 0. The molecule has 0 spiro atoms. The van der Waals surface area contributed by atoms with E-state index in [0.717, 1.165) is 51.0 Å². The topological polar surface area (TPSA) is 52.1 Å². The van der Waals surface area contributed by atoms with Gasteiger partial charge in [-0.15, -0.1) is 24.0 Å². The summed E-state index contributed by atoms with van der Waals surface area (Å²) >= 11 is 0. The molecule has 0 radical (unpaired) electrons. The highest BCUT2D eigenvalue weighted by molar-refractivity contribution is 14.0. The standard InChI is InChI=1S/C19H33N5O.HI/c1-5-20-19(22-14-17-15-23(3)11-12-24(17)4)21-10-13-25-18-8-6-16(2)7-9-18;/h6-9,17H,5,10-15H2,1-4H3,(H2,20,21,22);1H. The van der Waals surface area contributed by atoms with Crippen LogP contribution in [0.4, 0.5) is 0 Å². The molecule has 1 aliphatic heterocycles. The van der Waals surface area contributed by atoms with Gasteiger partial charge in [-0.3, -0.25) is 9.89 Å². The first-order chi connectivity index (χ1) is 12.1. The molecule has 7 heteroatoms. The van der Waals surface area contributed by atoms with Gasteiger partial charge in [0.1, 0.15) is 12.4 Å². The Morgan fingerprint density at radius 2 is 1.92 bits per heavy atom. The number of nitrogens with one attached hydrogen (secondary N) is 2. The van der Waals surface area contributed by atoms with Crippen molar-refractivity contribution in [3.63, 3.8) is 0 Å². The number of nitrogens with zero attached hydrogens (tertiary/aromatic N) is 3. The predicted molar refractivity (Wildman–Crippen MR) is 120 cm³/mol. The van der Waals surface area contributed by atoms with E-state index in [-0.39, 0.29) is 24.0 Å². The number of halogens is 1. The summed E-state index contributed by atoms with van der Waals surface area (Å²) in [6.07, 6.45) is 0. The first-order valence-electron chi connectivity index (χ1n) is 9.19. The molecule has 1 heterocycles. The van der Waals surface area contributed by atoms with Crippen molar-refractivity contribution >= 4 is 29.9 Å². The molecule has 1 aromatic carbocycles. The fourth-order valence-corrected chi connectivity index (χ4v) is 2.81. The van der Waals surface area contributed by atoms with Gasteiger partial charge in [0.25, 0.3) is 0 Å². The summed E-state index contributed by atoms with van der Waals surface area (Å²) in [5.74, 6) is 1.76. The molecule has 1 aliphatic rings. The molecular formula is C19H34IN5O. The summed E-state index contributed by atoms with van der Waals surface area (Å²) in [4.78, 5) is 9.52. The van der Waals surface area contributed by atoms with Crippen molar-refractivity contribution in [1.82, 2.24) is 20.4 Å². The van der Waals surface area contributed by atoms with Crippen LogP contribution < -0.4 is 15.4 Å². The van der Waals surface area contributed by atoms with Crippen LogP contribution in [0.3, 0.4) is 0 Å². The fourth-order valence-electron chi connectivity index (χ4n) is 2.81. The third kappa shape index (κ3) is 8.09. The first kappa shape index (κ1) is 23.0. The van der Waals surface area contributed by atoms with E-state index in [1.54, 1.807) is 0 Å². The maximum atomic E-state index is 5.75. The second kappa shape index (κ2) is 12.3. The van der Waals surface area contributed by atoms with E-state index in [1.165, 1.54) is 5.56 Å². The number of hydrogen-bond donors (Lipinski definition) is 2. The number of piperazine rings is 1. The monoisotopic (exact) mass is 475 g/mol. The number of hydrogen-bond acceptors (Lipinski definition) is 4. The highest BCUT2D eigenvalue weighted by atomic mass is 127. The van der Waals surface area contributed by atoms with Crippen LogP contribution in [0.2, 0.25) is 0 Å². The van der Waals surface area contributed by atoms with Crippen LogP contribution in [0.15, 0.2) is 29.3 Å². The van der Waals surface area contributed by atoms with Crippen molar-refractivity contribution in [1.29, 1.82) is 0 Å². The molecule has 1 unspecified atom stereocenters. The Labute approximate surface area is 175 Å². The van der Waals surface area contributed by atoms with E-state index < -0.39 is 0 Å². The zero-order valence-corrected chi connectivity index (χ0v) is 18.8. The van der Waals surface area contributed by atoms with Gasteiger partial charge in [0.15, 0.2) is 5.96 Å². The lowest BCUT2D eigenvalue weighted by molar-refractivity contribution is 0.119. The van der Waals surface area contributed by atoms with Gasteiger partial charge in [0.2, 0.25) is 0 Å². The summed E-state index contributed by atoms with van der Waals surface area (Å²) in [7, 11) is 4.36. The fraction of sp³-hybridized carbons (Fsp3) is 0.632. The van der Waals surface area contributed by atoms with Crippen molar-refractivity contribution in [2.24, 2.45) is 4.99 Å². The molecule has 1 atom stereocenters. The Hall–Kier alpha value is -1.06. The molecule has 0 aliphatic carbocycles. The van der Waals surface area contributed by atoms with Gasteiger partial charge in [-0.05, 0) is 40.1 Å². The smallest absolute Gasteiger partial charge is 0.191 e. The molecule has 1 fully saturated rings. The Bertz CT molecular complexity index is 537. The third-order valence-electron chi connectivity index (χ3n) is 4.47. The Morgan fingerprint density at radius 3 is 2.62 bits per heavy atom. The molecular weight excluding hydrogens is 441 g/mol. The Kier molecular flexibility index (Phi) is 10.9. The van der Waals surface area contributed by atoms with E-state index >= 15 is 0 Å². The third-order valence-corrected chi connectivity index (χ3v) is 4.47. The summed E-state index contributed by atoms with van der Waals surface area (Å²) in [5.41, 5.74) is 1.24. The normalized spacial score (nSPS) is 18.9. The van der Waals surface area contributed by atoms with Gasteiger partial charge in [-0.2, -0.15) is 0 Å². The highest BCUT2D eigenvalue weighted by Crippen LogP contribution is 2.10. The van der Waals surface area contributed by atoms with Gasteiger partial charge < -0.3 is 20.3 Å². The van der Waals surface area contributed by atoms with Crippen molar-refractivity contribution in [3.8, 4) is 5.75 Å². The zero-order valence-electron chi connectivity index (χ0n) is 16.5. The summed E-state index contributed by atoms with van der Waals surface area (Å²) in [6.45, 7) is 10.4. The second-order valence-corrected chi connectivity index (χ2v) is 6.70. The van der Waals surface area contributed by atoms with E-state index in [0.29, 0.717) is 12.6 Å². The van der Waals surface area contributed by atoms with Crippen molar-refractivity contribution in [2.45, 2.75) is 19.9 Å². The maximum Gasteiger partial charge on any atom is 0.191 e. The lowest BCUT2D eigenvalue weighted by Gasteiger charge is -2.36. The molecule has 148 valence electrons. The van der Waals surface area contributed by atoms with Crippen LogP contribution in [0.1, 0.15) is 12.5 Å². The molecule has 0 amide bonds. The van der Waals surface area contributed by atoms with Crippen molar-refractivity contribution in [3.05, 3.63) is 29.8 Å². The molecule has 1 aromatic rings. The van der Waals surface area contributed by atoms with Crippen LogP contribution >= 0.6 is 24.0 Å². The number of guanidine groups is 1. The van der Waals surface area contributed by atoms with E-state index in [2.05, 4.69) is 60.5 Å². The number of aliphatic imine (C=N–C) groups is 1. The lowest BCUT2D eigenvalue weighted by atomic mass is 10.2. The van der Waals surface area contributed by atoms with E-state index in [9.17, 15) is 0 Å². The average Bonchev–Trinajstić information content (AvgIpc) is 2.60. The number of aryl methyl sites for hydroxylation is 1. The number of likely N-dealkylation sites (N-methyl/N-ethyl adjacent to an activating group) is 2. The first-order valence-corrected chi connectivity index (χ1v) is 9.19. The molecule has 2 rings (SSSR count). The number of ether oxygens (including phenoxy) is 1. The molecule has 6 nitrogen and oxygen atoms in total. The lowest BCUT2D eigenvalue weighted by Crippen LogP contribution is -2.51. The molecule has 26 heavy (non-hydrogen) atoms. The van der Waals surface area contributed by atoms with Crippen molar-refractivity contribution < 1.29 is 4.74 Å². The van der Waals surface area contributed by atoms with Crippen molar-refractivity contribution in [2.75, 3.05) is 60.0 Å².